The van der Waals surface area contributed by atoms with Crippen molar-refractivity contribution in [3.05, 3.63) is 42.0 Å². The van der Waals surface area contributed by atoms with Crippen LogP contribution in [-0.2, 0) is 6.61 Å². The molecule has 0 aliphatic heterocycles. The summed E-state index contributed by atoms with van der Waals surface area (Å²) in [7, 11) is 0. The zero-order valence-corrected chi connectivity index (χ0v) is 7.81. The zero-order chi connectivity index (χ0) is 10.7. The molecule has 15 heavy (non-hydrogen) atoms. The molecule has 1 aromatic heterocycles. The first-order chi connectivity index (χ1) is 7.25. The molecule has 0 unspecified atom stereocenters. The predicted molar refractivity (Wildman–Crippen MR) is 51.6 cm³/mol. The predicted octanol–water partition coefficient (Wildman–Crippen LogP) is 1.97. The fraction of sp³-hybridized carbons (Fsp3) is 0.100. The van der Waals surface area contributed by atoms with Gasteiger partial charge >= 0.3 is 0 Å². The van der Waals surface area contributed by atoms with E-state index < -0.39 is 0 Å². The number of halogens is 1. The standard InChI is InChI=1S/C10H9FN2O2/c11-8-1-2-9(12)10(3-8)14-5-7-4-13-15-6-7/h1-4,6H,5,12H2. The number of benzene rings is 1. The van der Waals surface area contributed by atoms with Crippen LogP contribution in [0.4, 0.5) is 10.1 Å². The molecule has 2 rings (SSSR count). The minimum absolute atomic E-state index is 0.247. The highest BCUT2D eigenvalue weighted by atomic mass is 19.1. The molecule has 0 atom stereocenters. The topological polar surface area (TPSA) is 61.3 Å². The molecule has 0 fully saturated rings. The van der Waals surface area contributed by atoms with Gasteiger partial charge in [-0.05, 0) is 12.1 Å². The first-order valence-corrected chi connectivity index (χ1v) is 4.32. The monoisotopic (exact) mass is 208 g/mol. The summed E-state index contributed by atoms with van der Waals surface area (Å²) in [5.74, 6) is -0.0688. The normalized spacial score (nSPS) is 10.2. The van der Waals surface area contributed by atoms with Crippen molar-refractivity contribution in [1.29, 1.82) is 0 Å². The van der Waals surface area contributed by atoms with E-state index in [9.17, 15) is 4.39 Å². The van der Waals surface area contributed by atoms with Crippen LogP contribution in [0.1, 0.15) is 5.56 Å². The third-order valence-corrected chi connectivity index (χ3v) is 1.85. The molecule has 78 valence electrons. The van der Waals surface area contributed by atoms with Gasteiger partial charge in [0.05, 0.1) is 11.9 Å². The Bertz CT molecular complexity index is 443. The van der Waals surface area contributed by atoms with Crippen LogP contribution in [-0.4, -0.2) is 5.16 Å². The van der Waals surface area contributed by atoms with Gasteiger partial charge in [-0.15, -0.1) is 0 Å². The minimum Gasteiger partial charge on any atom is -0.486 e. The molecule has 0 radical (unpaired) electrons. The molecule has 0 saturated carbocycles. The van der Waals surface area contributed by atoms with Crippen molar-refractivity contribution in [2.24, 2.45) is 0 Å². The van der Waals surface area contributed by atoms with Crippen molar-refractivity contribution in [1.82, 2.24) is 5.16 Å². The largest absolute Gasteiger partial charge is 0.486 e. The van der Waals surface area contributed by atoms with Crippen molar-refractivity contribution in [3.8, 4) is 5.75 Å². The highest BCUT2D eigenvalue weighted by Crippen LogP contribution is 2.22. The smallest absolute Gasteiger partial charge is 0.145 e. The van der Waals surface area contributed by atoms with E-state index in [1.54, 1.807) is 0 Å². The first-order valence-electron chi connectivity index (χ1n) is 4.32. The second kappa shape index (κ2) is 4.00. The van der Waals surface area contributed by atoms with Gasteiger partial charge in [0.1, 0.15) is 24.4 Å². The van der Waals surface area contributed by atoms with Crippen molar-refractivity contribution in [2.45, 2.75) is 6.61 Å². The number of nitrogens with two attached hydrogens (primary N) is 1. The quantitative estimate of drug-likeness (QED) is 0.783. The Morgan fingerprint density at radius 1 is 1.47 bits per heavy atom. The third-order valence-electron chi connectivity index (χ3n) is 1.85. The minimum atomic E-state index is -0.385. The Hall–Kier alpha value is -2.04. The maximum absolute atomic E-state index is 12.8. The molecule has 0 bridgehead atoms. The lowest BCUT2D eigenvalue weighted by Gasteiger charge is -2.06. The molecule has 0 amide bonds. The van der Waals surface area contributed by atoms with Crippen molar-refractivity contribution in [2.75, 3.05) is 5.73 Å². The van der Waals surface area contributed by atoms with Gasteiger partial charge in [0.2, 0.25) is 0 Å². The number of hydrogen-bond acceptors (Lipinski definition) is 4. The van der Waals surface area contributed by atoms with E-state index in [-0.39, 0.29) is 12.4 Å². The molecule has 2 N–H and O–H groups in total. The van der Waals surface area contributed by atoms with Crippen LogP contribution in [0.5, 0.6) is 5.75 Å². The van der Waals surface area contributed by atoms with Crippen LogP contribution in [0.15, 0.2) is 35.2 Å². The number of aromatic nitrogens is 1. The van der Waals surface area contributed by atoms with Crippen LogP contribution in [0.25, 0.3) is 0 Å². The lowest BCUT2D eigenvalue weighted by atomic mass is 10.3. The van der Waals surface area contributed by atoms with E-state index in [0.717, 1.165) is 5.56 Å². The number of rotatable bonds is 3. The summed E-state index contributed by atoms with van der Waals surface area (Å²) in [5.41, 5.74) is 6.76. The summed E-state index contributed by atoms with van der Waals surface area (Å²) in [4.78, 5) is 0. The van der Waals surface area contributed by atoms with Crippen molar-refractivity contribution >= 4 is 5.69 Å². The molecule has 0 saturated heterocycles. The van der Waals surface area contributed by atoms with E-state index in [2.05, 4.69) is 9.68 Å². The van der Waals surface area contributed by atoms with Gasteiger partial charge in [-0.1, -0.05) is 5.16 Å². The van der Waals surface area contributed by atoms with E-state index >= 15 is 0 Å². The van der Waals surface area contributed by atoms with E-state index in [4.69, 9.17) is 10.5 Å². The first kappa shape index (κ1) is 9.51. The third kappa shape index (κ3) is 2.25. The molecule has 1 heterocycles. The van der Waals surface area contributed by atoms with Crippen LogP contribution in [0.3, 0.4) is 0 Å². The summed E-state index contributed by atoms with van der Waals surface area (Å²) < 4.78 is 22.8. The molecule has 0 aliphatic carbocycles. The highest BCUT2D eigenvalue weighted by molar-refractivity contribution is 5.52. The fourth-order valence-electron chi connectivity index (χ4n) is 1.09. The second-order valence-corrected chi connectivity index (χ2v) is 3.00. The number of nitrogens with zero attached hydrogens (tertiary/aromatic N) is 1. The van der Waals surface area contributed by atoms with Crippen LogP contribution in [0, 0.1) is 5.82 Å². The number of nitrogen functional groups attached to an aromatic ring is 1. The zero-order valence-electron chi connectivity index (χ0n) is 7.81. The Labute approximate surface area is 85.4 Å². The number of hydrogen-bond donors (Lipinski definition) is 1. The molecule has 2 aromatic rings. The summed E-state index contributed by atoms with van der Waals surface area (Å²) in [5, 5.41) is 3.51. The molecule has 5 heteroatoms. The van der Waals surface area contributed by atoms with Gasteiger partial charge in [0.25, 0.3) is 0 Å². The maximum Gasteiger partial charge on any atom is 0.145 e. The van der Waals surface area contributed by atoms with E-state index in [1.807, 2.05) is 0 Å². The molecule has 1 aromatic carbocycles. The summed E-state index contributed by atoms with van der Waals surface area (Å²) in [6.07, 6.45) is 2.98. The Balaban J connectivity index is 2.07. The number of ether oxygens (including phenoxy) is 1. The summed E-state index contributed by atoms with van der Waals surface area (Å²) in [6.45, 7) is 0.247. The van der Waals surface area contributed by atoms with Gasteiger partial charge in [0, 0.05) is 11.6 Å². The van der Waals surface area contributed by atoms with Crippen LogP contribution >= 0.6 is 0 Å². The maximum atomic E-state index is 12.8. The highest BCUT2D eigenvalue weighted by Gasteiger charge is 2.03. The molecular weight excluding hydrogens is 199 g/mol. The lowest BCUT2D eigenvalue weighted by Crippen LogP contribution is -1.98. The molecular formula is C10H9FN2O2. The molecule has 0 spiro atoms. The second-order valence-electron chi connectivity index (χ2n) is 3.00. The van der Waals surface area contributed by atoms with Gasteiger partial charge in [-0.3, -0.25) is 0 Å². The van der Waals surface area contributed by atoms with Crippen molar-refractivity contribution in [3.63, 3.8) is 0 Å². The lowest BCUT2D eigenvalue weighted by molar-refractivity contribution is 0.304. The van der Waals surface area contributed by atoms with Gasteiger partial charge in [-0.2, -0.15) is 0 Å². The average molecular weight is 208 g/mol. The van der Waals surface area contributed by atoms with Gasteiger partial charge in [-0.25, -0.2) is 4.39 Å². The Morgan fingerprint density at radius 2 is 2.33 bits per heavy atom. The van der Waals surface area contributed by atoms with Crippen molar-refractivity contribution < 1.29 is 13.7 Å². The summed E-state index contributed by atoms with van der Waals surface area (Å²) >= 11 is 0. The Kier molecular flexibility index (Phi) is 2.53. The molecule has 0 aliphatic rings. The fourth-order valence-corrected chi connectivity index (χ4v) is 1.09. The van der Waals surface area contributed by atoms with Crippen LogP contribution in [0.2, 0.25) is 0 Å². The summed E-state index contributed by atoms with van der Waals surface area (Å²) in [6, 6.07) is 3.97. The van der Waals surface area contributed by atoms with Gasteiger partial charge < -0.3 is 15.0 Å². The SMILES string of the molecule is Nc1ccc(F)cc1OCc1cnoc1. The molecule has 4 nitrogen and oxygen atoms in total. The van der Waals surface area contributed by atoms with Gasteiger partial charge in [0.15, 0.2) is 0 Å². The number of anilines is 1. The Morgan fingerprint density at radius 3 is 3.07 bits per heavy atom. The van der Waals surface area contributed by atoms with E-state index in [1.165, 1.54) is 30.7 Å². The van der Waals surface area contributed by atoms with E-state index in [0.29, 0.717) is 11.4 Å². The average Bonchev–Trinajstić information content (AvgIpc) is 2.72. The van der Waals surface area contributed by atoms with Crippen LogP contribution < -0.4 is 10.5 Å².